The molecule has 3 aliphatic rings. The Morgan fingerprint density at radius 3 is 2.47 bits per heavy atom. The molecule has 4 unspecified atom stereocenters. The molecule has 2 aromatic rings. The van der Waals surface area contributed by atoms with Crippen LogP contribution in [0.2, 0.25) is 0 Å². The minimum absolute atomic E-state index is 0.0130. The lowest BCUT2D eigenvalue weighted by molar-refractivity contribution is -0.122. The molecule has 154 valence electrons. The zero-order valence-electron chi connectivity index (χ0n) is 17.5. The summed E-state index contributed by atoms with van der Waals surface area (Å²) in [6, 6.07) is 14.2. The third-order valence-electron chi connectivity index (χ3n) is 6.65. The van der Waals surface area contributed by atoms with Crippen LogP contribution < -0.4 is 0 Å². The number of carbonyl (C=O) groups excluding carboxylic acids is 1. The Bertz CT molecular complexity index is 1060. The topological polar surface area (TPSA) is 55.8 Å². The van der Waals surface area contributed by atoms with Crippen LogP contribution in [0, 0.1) is 32.6 Å². The molecule has 0 saturated carbocycles. The van der Waals surface area contributed by atoms with Crippen molar-refractivity contribution in [2.45, 2.75) is 39.1 Å². The van der Waals surface area contributed by atoms with Crippen molar-refractivity contribution < 1.29 is 19.4 Å². The van der Waals surface area contributed by atoms with Crippen LogP contribution in [0.15, 0.2) is 60.4 Å². The number of aliphatic hydroxyl groups is 1. The van der Waals surface area contributed by atoms with Gasteiger partial charge in [-0.15, -0.1) is 0 Å². The Kier molecular flexibility index (Phi) is 4.46. The summed E-state index contributed by atoms with van der Waals surface area (Å²) in [5.74, 6) is 0.0689. The number of aliphatic hydroxyl groups excluding tert-OH is 1. The molecule has 1 N–H and O–H groups in total. The predicted molar refractivity (Wildman–Crippen MR) is 115 cm³/mol. The molecule has 2 bridgehead atoms. The monoisotopic (exact) mass is 402 g/mol. The normalized spacial score (nSPS) is 29.1. The zero-order valence-corrected chi connectivity index (χ0v) is 17.5. The molecule has 4 heteroatoms. The van der Waals surface area contributed by atoms with E-state index < -0.39 is 11.5 Å². The van der Waals surface area contributed by atoms with Crippen LogP contribution in [0.5, 0.6) is 0 Å². The Morgan fingerprint density at radius 2 is 1.80 bits per heavy atom. The second kappa shape index (κ2) is 6.93. The van der Waals surface area contributed by atoms with Crippen molar-refractivity contribution in [1.82, 2.24) is 0 Å². The van der Waals surface area contributed by atoms with E-state index in [-0.39, 0.29) is 24.4 Å². The van der Waals surface area contributed by atoms with E-state index in [9.17, 15) is 9.90 Å². The summed E-state index contributed by atoms with van der Waals surface area (Å²) in [5.41, 5.74) is 5.02. The predicted octanol–water partition coefficient (Wildman–Crippen LogP) is 4.05. The molecular formula is C26H26O4. The quantitative estimate of drug-likeness (QED) is 0.767. The van der Waals surface area contributed by atoms with Crippen LogP contribution in [0.25, 0.3) is 5.57 Å². The lowest BCUT2D eigenvalue weighted by atomic mass is 9.76. The first-order chi connectivity index (χ1) is 14.4. The number of ether oxygens (including phenoxy) is 2. The molecule has 1 saturated heterocycles. The molecular weight excluding hydrogens is 376 g/mol. The first kappa shape index (κ1) is 19.3. The van der Waals surface area contributed by atoms with Crippen LogP contribution in [-0.4, -0.2) is 29.2 Å². The summed E-state index contributed by atoms with van der Waals surface area (Å²) >= 11 is 0. The van der Waals surface area contributed by atoms with E-state index >= 15 is 0 Å². The van der Waals surface area contributed by atoms with Crippen LogP contribution >= 0.6 is 0 Å². The van der Waals surface area contributed by atoms with Crippen LogP contribution in [0.3, 0.4) is 0 Å². The van der Waals surface area contributed by atoms with Gasteiger partial charge in [-0.05, 0) is 43.0 Å². The molecule has 0 radical (unpaired) electrons. The molecule has 0 spiro atoms. The average Bonchev–Trinajstić information content (AvgIpc) is 3.37. The Balaban J connectivity index is 1.64. The molecule has 0 aromatic heterocycles. The summed E-state index contributed by atoms with van der Waals surface area (Å²) in [6.07, 6.45) is 3.58. The van der Waals surface area contributed by atoms with Crippen LogP contribution in [0.4, 0.5) is 0 Å². The van der Waals surface area contributed by atoms with Gasteiger partial charge in [0.05, 0.1) is 30.1 Å². The van der Waals surface area contributed by atoms with E-state index in [1.54, 1.807) is 0 Å². The highest BCUT2D eigenvalue weighted by atomic mass is 16.5. The van der Waals surface area contributed by atoms with Crippen LogP contribution in [-0.2, 0) is 20.9 Å². The van der Waals surface area contributed by atoms with E-state index in [4.69, 9.17) is 9.47 Å². The molecule has 2 aromatic carbocycles. The fourth-order valence-electron chi connectivity index (χ4n) is 5.50. The minimum atomic E-state index is -0.942. The lowest BCUT2D eigenvalue weighted by Crippen LogP contribution is -2.41. The molecule has 2 aliphatic heterocycles. The van der Waals surface area contributed by atoms with Gasteiger partial charge in [-0.3, -0.25) is 4.79 Å². The number of carbonyl (C=O) groups is 1. The Morgan fingerprint density at radius 1 is 1.10 bits per heavy atom. The standard InChI is InChI=1S/C26H26O4/c1-15-11-16(2)20(17(3)12-15)22-24(28)23-21(19-9-10-26(23,14-27)30-19)25(22)29-13-18-7-5-4-6-8-18/h4-12,19,21,23,27H,13-14H2,1-3H3. The molecule has 0 amide bonds. The minimum Gasteiger partial charge on any atom is -0.492 e. The fourth-order valence-corrected chi connectivity index (χ4v) is 5.50. The van der Waals surface area contributed by atoms with Gasteiger partial charge >= 0.3 is 0 Å². The first-order valence-corrected chi connectivity index (χ1v) is 10.5. The smallest absolute Gasteiger partial charge is 0.174 e. The highest BCUT2D eigenvalue weighted by Crippen LogP contribution is 2.57. The maximum absolute atomic E-state index is 13.8. The van der Waals surface area contributed by atoms with Crippen molar-refractivity contribution in [3.05, 3.63) is 88.2 Å². The number of fused-ring (bicyclic) bond motifs is 5. The Labute approximate surface area is 176 Å². The molecule has 30 heavy (non-hydrogen) atoms. The van der Waals surface area contributed by atoms with Gasteiger partial charge in [0, 0.05) is 0 Å². The second-order valence-corrected chi connectivity index (χ2v) is 8.71. The van der Waals surface area contributed by atoms with Gasteiger partial charge in [-0.2, -0.15) is 0 Å². The van der Waals surface area contributed by atoms with Gasteiger partial charge in [0.1, 0.15) is 18.0 Å². The number of Topliss-reactive ketones (excluding diaryl/α,β-unsaturated/α-hetero) is 1. The van der Waals surface area contributed by atoms with Crippen molar-refractivity contribution in [1.29, 1.82) is 0 Å². The summed E-state index contributed by atoms with van der Waals surface area (Å²) < 4.78 is 12.5. The maximum atomic E-state index is 13.8. The second-order valence-electron chi connectivity index (χ2n) is 8.71. The van der Waals surface area contributed by atoms with Crippen molar-refractivity contribution in [3.8, 4) is 0 Å². The summed E-state index contributed by atoms with van der Waals surface area (Å²) in [4.78, 5) is 13.8. The van der Waals surface area contributed by atoms with Gasteiger partial charge in [-0.25, -0.2) is 0 Å². The fraction of sp³-hybridized carbons (Fsp3) is 0.346. The SMILES string of the molecule is Cc1cc(C)c(C2=C(OCc3ccccc3)C3C4C=CC(CO)(O4)C3C2=O)c(C)c1. The maximum Gasteiger partial charge on any atom is 0.174 e. The number of aryl methyl sites for hydroxylation is 3. The number of allylic oxidation sites excluding steroid dienone is 1. The van der Waals surface area contributed by atoms with Gasteiger partial charge in [0.25, 0.3) is 0 Å². The van der Waals surface area contributed by atoms with Crippen LogP contribution in [0.1, 0.15) is 27.8 Å². The Hall–Kier alpha value is -2.69. The number of rotatable bonds is 5. The van der Waals surface area contributed by atoms with Crippen molar-refractivity contribution >= 4 is 11.4 Å². The number of hydrogen-bond acceptors (Lipinski definition) is 4. The van der Waals surface area contributed by atoms with Crippen molar-refractivity contribution in [3.63, 3.8) is 0 Å². The average molecular weight is 402 g/mol. The molecule has 1 aliphatic carbocycles. The van der Waals surface area contributed by atoms with E-state index in [2.05, 4.69) is 19.1 Å². The van der Waals surface area contributed by atoms with Gasteiger partial charge in [-0.1, -0.05) is 60.2 Å². The molecule has 2 heterocycles. The van der Waals surface area contributed by atoms with E-state index in [0.717, 1.165) is 22.3 Å². The molecule has 5 rings (SSSR count). The summed E-state index contributed by atoms with van der Waals surface area (Å²) in [5, 5.41) is 10.1. The van der Waals surface area contributed by atoms with Gasteiger partial charge < -0.3 is 14.6 Å². The first-order valence-electron chi connectivity index (χ1n) is 10.5. The van der Waals surface area contributed by atoms with E-state index in [1.165, 1.54) is 5.56 Å². The van der Waals surface area contributed by atoms with Gasteiger partial charge in [0.2, 0.25) is 0 Å². The van der Waals surface area contributed by atoms with Crippen molar-refractivity contribution in [2.75, 3.05) is 6.61 Å². The van der Waals surface area contributed by atoms with Gasteiger partial charge in [0.15, 0.2) is 5.78 Å². The zero-order chi connectivity index (χ0) is 21.0. The molecule has 4 atom stereocenters. The number of ketones is 1. The largest absolute Gasteiger partial charge is 0.492 e. The van der Waals surface area contributed by atoms with E-state index in [1.807, 2.05) is 56.3 Å². The highest BCUT2D eigenvalue weighted by Gasteiger charge is 2.65. The summed E-state index contributed by atoms with van der Waals surface area (Å²) in [7, 11) is 0. The molecule has 4 nitrogen and oxygen atoms in total. The molecule has 1 fully saturated rings. The number of hydrogen-bond donors (Lipinski definition) is 1. The third-order valence-corrected chi connectivity index (χ3v) is 6.65. The third kappa shape index (κ3) is 2.71. The van der Waals surface area contributed by atoms with E-state index in [0.29, 0.717) is 17.9 Å². The highest BCUT2D eigenvalue weighted by molar-refractivity contribution is 6.26. The van der Waals surface area contributed by atoms with Crippen molar-refractivity contribution in [2.24, 2.45) is 11.8 Å². The summed E-state index contributed by atoms with van der Waals surface area (Å²) in [6.45, 7) is 6.34. The lowest BCUT2D eigenvalue weighted by Gasteiger charge is -2.27. The number of benzene rings is 2.